The van der Waals surface area contributed by atoms with E-state index in [-0.39, 0.29) is 18.1 Å². The highest BCUT2D eigenvalue weighted by Crippen LogP contribution is 2.42. The molecule has 1 aliphatic rings. The molecule has 33 heavy (non-hydrogen) atoms. The zero-order chi connectivity index (χ0) is 24.0. The maximum atomic E-state index is 13.3. The first-order chi connectivity index (χ1) is 15.8. The number of benzene rings is 2. The van der Waals surface area contributed by atoms with E-state index in [1.54, 1.807) is 17.0 Å². The van der Waals surface area contributed by atoms with Crippen molar-refractivity contribution in [3.63, 3.8) is 0 Å². The molecule has 1 heterocycles. The molecule has 0 aromatic heterocycles. The number of piperidine rings is 1. The summed E-state index contributed by atoms with van der Waals surface area (Å²) in [6, 6.07) is 15.3. The largest absolute Gasteiger partial charge is 0.481 e. The lowest BCUT2D eigenvalue weighted by atomic mass is 9.66. The lowest BCUT2D eigenvalue weighted by molar-refractivity contribution is -0.158. The van der Waals surface area contributed by atoms with Gasteiger partial charge in [-0.15, -0.1) is 0 Å². The summed E-state index contributed by atoms with van der Waals surface area (Å²) in [5.74, 6) is -2.81. The van der Waals surface area contributed by atoms with Crippen molar-refractivity contribution in [3.8, 4) is 11.1 Å². The van der Waals surface area contributed by atoms with Crippen molar-refractivity contribution in [2.24, 2.45) is 11.3 Å². The van der Waals surface area contributed by atoms with Crippen LogP contribution in [0.3, 0.4) is 0 Å². The van der Waals surface area contributed by atoms with Gasteiger partial charge in [-0.2, -0.15) is 0 Å². The van der Waals surface area contributed by atoms with Crippen molar-refractivity contribution < 1.29 is 19.5 Å². The minimum atomic E-state index is -1.21. The van der Waals surface area contributed by atoms with Crippen LogP contribution in [0.5, 0.6) is 0 Å². The van der Waals surface area contributed by atoms with Crippen molar-refractivity contribution in [2.75, 3.05) is 13.1 Å². The third-order valence-corrected chi connectivity index (χ3v) is 7.61. The standard InChI is InChI=1S/C27H32BrNO4/c1-3-27(4-2,24(26(32)33)25(31)29-16-6-5-7-17-29)18-23(30)21-10-8-19(9-11-21)20-12-14-22(28)15-13-20/h8-15,24H,3-7,16-18H2,1-2H3,(H,32,33). The normalized spacial score (nSPS) is 15.2. The highest BCUT2D eigenvalue weighted by atomic mass is 79.9. The highest BCUT2D eigenvalue weighted by Gasteiger charge is 2.48. The fourth-order valence-corrected chi connectivity index (χ4v) is 5.11. The Morgan fingerprint density at radius 2 is 1.42 bits per heavy atom. The van der Waals surface area contributed by atoms with Gasteiger partial charge >= 0.3 is 5.97 Å². The summed E-state index contributed by atoms with van der Waals surface area (Å²) >= 11 is 3.43. The number of carbonyl (C=O) groups excluding carboxylic acids is 2. The van der Waals surface area contributed by atoms with Gasteiger partial charge in [0, 0.05) is 29.5 Å². The SMILES string of the molecule is CCC(CC)(CC(=O)c1ccc(-c2ccc(Br)cc2)cc1)C(C(=O)O)C(=O)N1CCCCC1. The summed E-state index contributed by atoms with van der Waals surface area (Å²) in [7, 11) is 0. The van der Waals surface area contributed by atoms with Gasteiger partial charge in [0.1, 0.15) is 5.92 Å². The van der Waals surface area contributed by atoms with Crippen LogP contribution in [0.4, 0.5) is 0 Å². The lowest BCUT2D eigenvalue weighted by Crippen LogP contribution is -2.50. The minimum Gasteiger partial charge on any atom is -0.481 e. The minimum absolute atomic E-state index is 0.0359. The molecular weight excluding hydrogens is 482 g/mol. The van der Waals surface area contributed by atoms with Crippen molar-refractivity contribution in [3.05, 3.63) is 58.6 Å². The smallest absolute Gasteiger partial charge is 0.316 e. The first kappa shape index (κ1) is 25.2. The molecule has 0 bridgehead atoms. The van der Waals surface area contributed by atoms with Crippen LogP contribution in [0.15, 0.2) is 53.0 Å². The number of carboxylic acid groups (broad SMARTS) is 1. The molecule has 1 saturated heterocycles. The third kappa shape index (κ3) is 5.72. The van der Waals surface area contributed by atoms with Gasteiger partial charge in [0.25, 0.3) is 0 Å². The molecule has 6 heteroatoms. The van der Waals surface area contributed by atoms with Gasteiger partial charge in [0.15, 0.2) is 5.78 Å². The number of carboxylic acids is 1. The number of aliphatic carboxylic acids is 1. The van der Waals surface area contributed by atoms with Gasteiger partial charge in [-0.3, -0.25) is 14.4 Å². The molecule has 5 nitrogen and oxygen atoms in total. The molecule has 3 rings (SSSR count). The number of likely N-dealkylation sites (tertiary alicyclic amines) is 1. The molecule has 1 fully saturated rings. The topological polar surface area (TPSA) is 74.7 Å². The molecule has 0 spiro atoms. The van der Waals surface area contributed by atoms with Crippen LogP contribution in [0, 0.1) is 11.3 Å². The van der Waals surface area contributed by atoms with Crippen LogP contribution < -0.4 is 0 Å². The molecule has 1 atom stereocenters. The van der Waals surface area contributed by atoms with Gasteiger partial charge in [-0.05, 0) is 60.8 Å². The van der Waals surface area contributed by atoms with Crippen molar-refractivity contribution >= 4 is 33.6 Å². The van der Waals surface area contributed by atoms with E-state index in [0.717, 1.165) is 34.9 Å². The number of hydrogen-bond acceptors (Lipinski definition) is 3. The van der Waals surface area contributed by atoms with E-state index >= 15 is 0 Å². The predicted octanol–water partition coefficient (Wildman–Crippen LogP) is 6.21. The first-order valence-corrected chi connectivity index (χ1v) is 12.5. The number of rotatable bonds is 9. The number of carbonyl (C=O) groups is 3. The van der Waals surface area contributed by atoms with Gasteiger partial charge in [-0.1, -0.05) is 66.2 Å². The monoisotopic (exact) mass is 513 g/mol. The Hall–Kier alpha value is -2.47. The average molecular weight is 514 g/mol. The molecule has 0 radical (unpaired) electrons. The molecule has 2 aromatic rings. The van der Waals surface area contributed by atoms with E-state index in [1.165, 1.54) is 0 Å². The van der Waals surface area contributed by atoms with E-state index < -0.39 is 17.3 Å². The van der Waals surface area contributed by atoms with Crippen molar-refractivity contribution in [2.45, 2.75) is 52.4 Å². The Kier molecular flexibility index (Phi) is 8.46. The fourth-order valence-electron chi connectivity index (χ4n) is 4.85. The molecule has 0 saturated carbocycles. The summed E-state index contributed by atoms with van der Waals surface area (Å²) in [6.07, 6.45) is 3.78. The Bertz CT molecular complexity index is 974. The molecule has 1 amide bonds. The number of amides is 1. The molecule has 1 aliphatic heterocycles. The zero-order valence-corrected chi connectivity index (χ0v) is 20.9. The quantitative estimate of drug-likeness (QED) is 0.319. The third-order valence-electron chi connectivity index (χ3n) is 7.08. The Balaban J connectivity index is 1.83. The number of nitrogens with zero attached hydrogens (tertiary/aromatic N) is 1. The summed E-state index contributed by atoms with van der Waals surface area (Å²) in [6.45, 7) is 4.95. The number of halogens is 1. The number of hydrogen-bond donors (Lipinski definition) is 1. The Morgan fingerprint density at radius 1 is 0.909 bits per heavy atom. The van der Waals surface area contributed by atoms with E-state index in [4.69, 9.17) is 0 Å². The second kappa shape index (κ2) is 11.1. The lowest BCUT2D eigenvalue weighted by Gasteiger charge is -2.39. The Labute approximate surface area is 204 Å². The summed E-state index contributed by atoms with van der Waals surface area (Å²) in [5, 5.41) is 10.1. The predicted molar refractivity (Wildman–Crippen MR) is 133 cm³/mol. The summed E-state index contributed by atoms with van der Waals surface area (Å²) in [4.78, 5) is 40.6. The van der Waals surface area contributed by atoms with Crippen molar-refractivity contribution in [1.29, 1.82) is 0 Å². The van der Waals surface area contributed by atoms with E-state index in [0.29, 0.717) is 31.5 Å². The van der Waals surface area contributed by atoms with Gasteiger partial charge in [0.05, 0.1) is 0 Å². The van der Waals surface area contributed by atoms with Crippen LogP contribution in [-0.2, 0) is 9.59 Å². The first-order valence-electron chi connectivity index (χ1n) is 11.7. The molecule has 176 valence electrons. The van der Waals surface area contributed by atoms with Crippen LogP contribution in [0.1, 0.15) is 62.7 Å². The summed E-state index contributed by atoms with van der Waals surface area (Å²) < 4.78 is 1.00. The maximum Gasteiger partial charge on any atom is 0.316 e. The molecule has 2 aromatic carbocycles. The van der Waals surface area contributed by atoms with E-state index in [1.807, 2.05) is 50.2 Å². The van der Waals surface area contributed by atoms with Gasteiger partial charge < -0.3 is 10.0 Å². The molecule has 1 unspecified atom stereocenters. The van der Waals surface area contributed by atoms with Crippen LogP contribution in [0.2, 0.25) is 0 Å². The summed E-state index contributed by atoms with van der Waals surface area (Å²) in [5.41, 5.74) is 1.67. The molecule has 0 aliphatic carbocycles. The van der Waals surface area contributed by atoms with Crippen LogP contribution in [-0.4, -0.2) is 40.8 Å². The number of ketones is 1. The van der Waals surface area contributed by atoms with Crippen LogP contribution in [0.25, 0.3) is 11.1 Å². The second-order valence-corrected chi connectivity index (χ2v) is 9.83. The van der Waals surface area contributed by atoms with Gasteiger partial charge in [0.2, 0.25) is 5.91 Å². The van der Waals surface area contributed by atoms with Gasteiger partial charge in [-0.25, -0.2) is 0 Å². The average Bonchev–Trinajstić information content (AvgIpc) is 2.84. The van der Waals surface area contributed by atoms with Crippen LogP contribution >= 0.6 is 15.9 Å². The number of Topliss-reactive ketones (excluding diaryl/α,β-unsaturated/α-hetero) is 1. The van der Waals surface area contributed by atoms with Crippen molar-refractivity contribution in [1.82, 2.24) is 4.90 Å². The molecule has 1 N–H and O–H groups in total. The fraction of sp³-hybridized carbons (Fsp3) is 0.444. The zero-order valence-electron chi connectivity index (χ0n) is 19.4. The Morgan fingerprint density at radius 3 is 1.91 bits per heavy atom. The maximum absolute atomic E-state index is 13.3. The van der Waals surface area contributed by atoms with E-state index in [9.17, 15) is 19.5 Å². The highest BCUT2D eigenvalue weighted by molar-refractivity contribution is 9.10. The molecular formula is C27H32BrNO4. The second-order valence-electron chi connectivity index (χ2n) is 8.91. The van der Waals surface area contributed by atoms with E-state index in [2.05, 4.69) is 15.9 Å².